The summed E-state index contributed by atoms with van der Waals surface area (Å²) in [4.78, 5) is 4.50. The maximum absolute atomic E-state index is 10.0. The molecule has 1 aromatic heterocycles. The van der Waals surface area contributed by atoms with E-state index in [-0.39, 0.29) is 5.75 Å². The van der Waals surface area contributed by atoms with Gasteiger partial charge in [0, 0.05) is 16.2 Å². The van der Waals surface area contributed by atoms with Crippen LogP contribution in [-0.2, 0) is 6.42 Å². The van der Waals surface area contributed by atoms with Gasteiger partial charge in [-0.3, -0.25) is 4.98 Å². The molecule has 2 aromatic rings. The van der Waals surface area contributed by atoms with Crippen molar-refractivity contribution in [3.63, 3.8) is 0 Å². The van der Waals surface area contributed by atoms with E-state index in [1.165, 1.54) is 50.5 Å². The van der Waals surface area contributed by atoms with Gasteiger partial charge < -0.3 is 5.11 Å². The van der Waals surface area contributed by atoms with Gasteiger partial charge in [-0.05, 0) is 42.7 Å². The molecular formula is C20H26BrNO. The Bertz CT molecular complexity index is 595. The Morgan fingerprint density at radius 1 is 0.957 bits per heavy atom. The predicted molar refractivity (Wildman–Crippen MR) is 101 cm³/mol. The number of halogens is 1. The fourth-order valence-electron chi connectivity index (χ4n) is 2.74. The fraction of sp³-hybridized carbons (Fsp3) is 0.450. The highest BCUT2D eigenvalue weighted by Gasteiger charge is 2.06. The highest BCUT2D eigenvalue weighted by Crippen LogP contribution is 2.30. The van der Waals surface area contributed by atoms with Crippen molar-refractivity contribution in [2.45, 2.75) is 58.3 Å². The van der Waals surface area contributed by atoms with Crippen molar-refractivity contribution in [1.29, 1.82) is 0 Å². The Kier molecular flexibility index (Phi) is 7.60. The normalized spacial score (nSPS) is 10.9. The van der Waals surface area contributed by atoms with E-state index < -0.39 is 0 Å². The third-order valence-corrected chi connectivity index (χ3v) is 4.62. The third kappa shape index (κ3) is 5.98. The Labute approximate surface area is 148 Å². The van der Waals surface area contributed by atoms with E-state index in [4.69, 9.17) is 0 Å². The second-order valence-corrected chi connectivity index (χ2v) is 7.00. The van der Waals surface area contributed by atoms with Crippen LogP contribution in [0.2, 0.25) is 0 Å². The van der Waals surface area contributed by atoms with Gasteiger partial charge in [0.15, 0.2) is 0 Å². The number of aromatic nitrogens is 1. The standard InChI is InChI=1S/C20H26BrNO/c1-2-3-4-5-6-7-8-9-16-10-13-19(22-15-16)18-12-11-17(21)14-20(18)23/h10-15,23H,2-9H2,1H3. The number of phenols is 1. The number of nitrogens with zero attached hydrogens (tertiary/aromatic N) is 1. The first-order valence-electron chi connectivity index (χ1n) is 8.64. The molecule has 3 heteroatoms. The Hall–Kier alpha value is -1.35. The minimum atomic E-state index is 0.256. The Morgan fingerprint density at radius 3 is 2.35 bits per heavy atom. The van der Waals surface area contributed by atoms with Gasteiger partial charge in [0.25, 0.3) is 0 Å². The summed E-state index contributed by atoms with van der Waals surface area (Å²) < 4.78 is 0.870. The molecule has 0 unspecified atom stereocenters. The minimum absolute atomic E-state index is 0.256. The van der Waals surface area contributed by atoms with Gasteiger partial charge in [-0.2, -0.15) is 0 Å². The number of aromatic hydroxyl groups is 1. The molecule has 0 bridgehead atoms. The summed E-state index contributed by atoms with van der Waals surface area (Å²) in [5, 5.41) is 10.0. The predicted octanol–water partition coefficient (Wildman–Crippen LogP) is 6.51. The number of rotatable bonds is 9. The summed E-state index contributed by atoms with van der Waals surface area (Å²) in [6.45, 7) is 2.25. The average Bonchev–Trinajstić information content (AvgIpc) is 2.55. The van der Waals surface area contributed by atoms with Crippen LogP contribution in [0.3, 0.4) is 0 Å². The molecule has 0 saturated heterocycles. The monoisotopic (exact) mass is 375 g/mol. The second-order valence-electron chi connectivity index (χ2n) is 6.08. The van der Waals surface area contributed by atoms with Gasteiger partial charge >= 0.3 is 0 Å². The van der Waals surface area contributed by atoms with Crippen LogP contribution in [0.5, 0.6) is 5.75 Å². The zero-order valence-corrected chi connectivity index (χ0v) is 15.5. The lowest BCUT2D eigenvalue weighted by atomic mass is 10.0. The maximum Gasteiger partial charge on any atom is 0.126 e. The smallest absolute Gasteiger partial charge is 0.126 e. The number of pyridine rings is 1. The number of hydrogen-bond acceptors (Lipinski definition) is 2. The number of hydrogen-bond donors (Lipinski definition) is 1. The van der Waals surface area contributed by atoms with Crippen molar-refractivity contribution >= 4 is 15.9 Å². The molecule has 0 saturated carbocycles. The Morgan fingerprint density at radius 2 is 1.70 bits per heavy atom. The van der Waals surface area contributed by atoms with Crippen molar-refractivity contribution < 1.29 is 5.11 Å². The van der Waals surface area contributed by atoms with Crippen LogP contribution in [0.4, 0.5) is 0 Å². The number of benzene rings is 1. The average molecular weight is 376 g/mol. The molecule has 1 aromatic carbocycles. The molecule has 0 atom stereocenters. The van der Waals surface area contributed by atoms with E-state index in [1.54, 1.807) is 6.07 Å². The minimum Gasteiger partial charge on any atom is -0.507 e. The molecule has 0 spiro atoms. The first kappa shape index (κ1) is 18.0. The van der Waals surface area contributed by atoms with E-state index in [9.17, 15) is 5.11 Å². The first-order valence-corrected chi connectivity index (χ1v) is 9.44. The van der Waals surface area contributed by atoms with Crippen LogP contribution in [0.15, 0.2) is 41.0 Å². The molecule has 124 valence electrons. The molecule has 0 aliphatic heterocycles. The lowest BCUT2D eigenvalue weighted by molar-refractivity contribution is 0.477. The van der Waals surface area contributed by atoms with Gasteiger partial charge in [0.1, 0.15) is 5.75 Å². The van der Waals surface area contributed by atoms with Gasteiger partial charge in [0.05, 0.1) is 5.69 Å². The zero-order valence-electron chi connectivity index (χ0n) is 13.9. The molecule has 1 heterocycles. The largest absolute Gasteiger partial charge is 0.507 e. The van der Waals surface area contributed by atoms with Crippen LogP contribution in [-0.4, -0.2) is 10.1 Å². The van der Waals surface area contributed by atoms with E-state index >= 15 is 0 Å². The van der Waals surface area contributed by atoms with Gasteiger partial charge in [-0.15, -0.1) is 0 Å². The zero-order chi connectivity index (χ0) is 16.5. The fourth-order valence-corrected chi connectivity index (χ4v) is 3.09. The molecule has 2 nitrogen and oxygen atoms in total. The second kappa shape index (κ2) is 9.71. The molecular weight excluding hydrogens is 350 g/mol. The van der Waals surface area contributed by atoms with Gasteiger partial charge in [0.2, 0.25) is 0 Å². The molecule has 23 heavy (non-hydrogen) atoms. The lowest BCUT2D eigenvalue weighted by Gasteiger charge is -2.06. The molecule has 0 radical (unpaired) electrons. The summed E-state index contributed by atoms with van der Waals surface area (Å²) in [6, 6.07) is 9.63. The summed E-state index contributed by atoms with van der Waals surface area (Å²) in [5.41, 5.74) is 2.87. The molecule has 0 amide bonds. The maximum atomic E-state index is 10.0. The Balaban J connectivity index is 1.80. The molecule has 0 fully saturated rings. The van der Waals surface area contributed by atoms with Gasteiger partial charge in [-0.25, -0.2) is 0 Å². The van der Waals surface area contributed by atoms with Crippen molar-refractivity contribution in [1.82, 2.24) is 4.98 Å². The highest BCUT2D eigenvalue weighted by molar-refractivity contribution is 9.10. The van der Waals surface area contributed by atoms with Crippen LogP contribution in [0, 0.1) is 0 Å². The summed E-state index contributed by atoms with van der Waals surface area (Å²) in [7, 11) is 0. The van der Waals surface area contributed by atoms with Crippen LogP contribution < -0.4 is 0 Å². The van der Waals surface area contributed by atoms with Crippen molar-refractivity contribution in [2.24, 2.45) is 0 Å². The SMILES string of the molecule is CCCCCCCCCc1ccc(-c2ccc(Br)cc2O)nc1. The third-order valence-electron chi connectivity index (χ3n) is 4.13. The highest BCUT2D eigenvalue weighted by atomic mass is 79.9. The van der Waals surface area contributed by atoms with Crippen molar-refractivity contribution in [2.75, 3.05) is 0 Å². The summed E-state index contributed by atoms with van der Waals surface area (Å²) >= 11 is 3.35. The number of aryl methyl sites for hydroxylation is 1. The van der Waals surface area contributed by atoms with E-state index in [0.29, 0.717) is 0 Å². The van der Waals surface area contributed by atoms with Crippen LogP contribution in [0.1, 0.15) is 57.4 Å². The topological polar surface area (TPSA) is 33.1 Å². The van der Waals surface area contributed by atoms with Gasteiger partial charge in [-0.1, -0.05) is 67.4 Å². The lowest BCUT2D eigenvalue weighted by Crippen LogP contribution is -1.90. The summed E-state index contributed by atoms with van der Waals surface area (Å²) in [5.74, 6) is 0.256. The quantitative estimate of drug-likeness (QED) is 0.506. The van der Waals surface area contributed by atoms with E-state index in [2.05, 4.69) is 33.9 Å². The van der Waals surface area contributed by atoms with Crippen LogP contribution >= 0.6 is 15.9 Å². The number of phenolic OH excluding ortho intramolecular Hbond substituents is 1. The van der Waals surface area contributed by atoms with E-state index in [1.807, 2.05) is 24.4 Å². The van der Waals surface area contributed by atoms with Crippen LogP contribution in [0.25, 0.3) is 11.3 Å². The molecule has 0 aliphatic rings. The van der Waals surface area contributed by atoms with Crippen molar-refractivity contribution in [3.8, 4) is 17.0 Å². The summed E-state index contributed by atoms with van der Waals surface area (Å²) in [6.07, 6.45) is 12.3. The molecule has 0 aliphatic carbocycles. The van der Waals surface area contributed by atoms with E-state index in [0.717, 1.165) is 22.2 Å². The molecule has 1 N–H and O–H groups in total. The molecule has 2 rings (SSSR count). The van der Waals surface area contributed by atoms with Crippen molar-refractivity contribution in [3.05, 3.63) is 46.6 Å². The first-order chi connectivity index (χ1) is 11.2. The number of unbranched alkanes of at least 4 members (excludes halogenated alkanes) is 6.